The predicted octanol–water partition coefficient (Wildman–Crippen LogP) is 0.392. The van der Waals surface area contributed by atoms with Gasteiger partial charge in [0.1, 0.15) is 6.10 Å². The van der Waals surface area contributed by atoms with E-state index in [2.05, 4.69) is 9.84 Å². The Morgan fingerprint density at radius 1 is 1.56 bits per heavy atom. The number of hydrogen-bond donors (Lipinski definition) is 3. The van der Waals surface area contributed by atoms with Gasteiger partial charge in [0.25, 0.3) is 0 Å². The summed E-state index contributed by atoms with van der Waals surface area (Å²) in [6.45, 7) is 5.60. The number of nitrogens with one attached hydrogen (secondary N) is 1. The zero-order valence-electron chi connectivity index (χ0n) is 10.1. The molecular formula is C9H20NO5P. The van der Waals surface area contributed by atoms with Gasteiger partial charge in [-0.1, -0.05) is 13.8 Å². The van der Waals surface area contributed by atoms with E-state index in [9.17, 15) is 9.90 Å². The summed E-state index contributed by atoms with van der Waals surface area (Å²) in [4.78, 5) is 20.5. The molecule has 3 N–H and O–H groups in total. The van der Waals surface area contributed by atoms with Gasteiger partial charge in [-0.25, -0.2) is 0 Å². The van der Waals surface area contributed by atoms with Gasteiger partial charge in [0.2, 0.25) is 5.91 Å². The smallest absolute Gasteiger partial charge is 0.329 e. The number of aliphatic hydroxyl groups excluding tert-OH is 1. The van der Waals surface area contributed by atoms with E-state index >= 15 is 0 Å². The molecule has 16 heavy (non-hydrogen) atoms. The quantitative estimate of drug-likeness (QED) is 0.571. The SMILES string of the molecule is CCNC(=O)C(O)C(C)(C)COP(O)OC. The fourth-order valence-corrected chi connectivity index (χ4v) is 1.53. The van der Waals surface area contributed by atoms with Crippen LogP contribution in [-0.4, -0.2) is 42.3 Å². The fraction of sp³-hybridized carbons (Fsp3) is 0.889. The topological polar surface area (TPSA) is 88.0 Å². The summed E-state index contributed by atoms with van der Waals surface area (Å²) in [5.74, 6) is -0.448. The van der Waals surface area contributed by atoms with Crippen molar-refractivity contribution >= 4 is 14.5 Å². The van der Waals surface area contributed by atoms with Crippen LogP contribution in [0.5, 0.6) is 0 Å². The van der Waals surface area contributed by atoms with Crippen LogP contribution in [0.15, 0.2) is 0 Å². The number of hydrogen-bond acceptors (Lipinski definition) is 5. The van der Waals surface area contributed by atoms with Gasteiger partial charge in [0.15, 0.2) is 0 Å². The van der Waals surface area contributed by atoms with Gasteiger partial charge in [-0.05, 0) is 6.92 Å². The van der Waals surface area contributed by atoms with E-state index in [1.54, 1.807) is 20.8 Å². The zero-order chi connectivity index (χ0) is 12.8. The minimum atomic E-state index is -1.94. The summed E-state index contributed by atoms with van der Waals surface area (Å²) in [5.41, 5.74) is -0.791. The Morgan fingerprint density at radius 2 is 2.12 bits per heavy atom. The molecule has 2 atom stereocenters. The first-order chi connectivity index (χ1) is 7.35. The maximum atomic E-state index is 11.4. The molecule has 2 unspecified atom stereocenters. The Hall–Kier alpha value is -0.260. The Morgan fingerprint density at radius 3 is 2.56 bits per heavy atom. The molecule has 0 aliphatic carbocycles. The molecule has 7 heteroatoms. The number of rotatable bonds is 7. The molecule has 0 aromatic rings. The first-order valence-corrected chi connectivity index (χ1v) is 6.10. The number of likely N-dealkylation sites (N-methyl/N-ethyl adjacent to an activating group) is 1. The largest absolute Gasteiger partial charge is 0.383 e. The van der Waals surface area contributed by atoms with Crippen LogP contribution < -0.4 is 5.32 Å². The molecule has 0 saturated heterocycles. The van der Waals surface area contributed by atoms with Crippen LogP contribution in [0, 0.1) is 5.41 Å². The third kappa shape index (κ3) is 5.18. The lowest BCUT2D eigenvalue weighted by Gasteiger charge is -2.29. The van der Waals surface area contributed by atoms with Crippen molar-refractivity contribution in [3.8, 4) is 0 Å². The van der Waals surface area contributed by atoms with Gasteiger partial charge in [0.05, 0.1) is 6.61 Å². The van der Waals surface area contributed by atoms with Crippen molar-refractivity contribution in [3.63, 3.8) is 0 Å². The number of amides is 1. The van der Waals surface area contributed by atoms with E-state index in [-0.39, 0.29) is 6.61 Å². The monoisotopic (exact) mass is 253 g/mol. The molecular weight excluding hydrogens is 233 g/mol. The Labute approximate surface area is 96.9 Å². The minimum Gasteiger partial charge on any atom is -0.383 e. The summed E-state index contributed by atoms with van der Waals surface area (Å²) in [5, 5.41) is 12.3. The molecule has 0 aromatic heterocycles. The van der Waals surface area contributed by atoms with Crippen LogP contribution in [0.1, 0.15) is 20.8 Å². The molecule has 0 spiro atoms. The highest BCUT2D eigenvalue weighted by atomic mass is 31.2. The van der Waals surface area contributed by atoms with Crippen LogP contribution >= 0.6 is 8.60 Å². The van der Waals surface area contributed by atoms with Crippen molar-refractivity contribution < 1.29 is 23.8 Å². The average molecular weight is 253 g/mol. The summed E-state index contributed by atoms with van der Waals surface area (Å²) in [6.07, 6.45) is -1.19. The Kier molecular flexibility index (Phi) is 7.03. The molecule has 0 bridgehead atoms. The van der Waals surface area contributed by atoms with Gasteiger partial charge in [-0.3, -0.25) is 4.79 Å². The van der Waals surface area contributed by atoms with Gasteiger partial charge in [0, 0.05) is 19.1 Å². The first-order valence-electron chi connectivity index (χ1n) is 4.97. The highest BCUT2D eigenvalue weighted by molar-refractivity contribution is 7.40. The van der Waals surface area contributed by atoms with Crippen LogP contribution in [0.4, 0.5) is 0 Å². The lowest BCUT2D eigenvalue weighted by Crippen LogP contribution is -2.45. The average Bonchev–Trinajstić information content (AvgIpc) is 2.25. The van der Waals surface area contributed by atoms with Crippen LogP contribution in [0.3, 0.4) is 0 Å². The molecule has 0 aromatic carbocycles. The van der Waals surface area contributed by atoms with Gasteiger partial charge in [-0.15, -0.1) is 0 Å². The normalized spacial score (nSPS) is 15.6. The third-order valence-electron chi connectivity index (χ3n) is 2.04. The van der Waals surface area contributed by atoms with E-state index in [1.807, 2.05) is 0 Å². The molecule has 0 rings (SSSR count). The van der Waals surface area contributed by atoms with Crippen LogP contribution in [0.25, 0.3) is 0 Å². The fourth-order valence-electron chi connectivity index (χ4n) is 0.979. The number of carbonyl (C=O) groups excluding carboxylic acids is 1. The third-order valence-corrected chi connectivity index (χ3v) is 2.71. The van der Waals surface area contributed by atoms with Crippen molar-refractivity contribution in [2.75, 3.05) is 20.3 Å². The van der Waals surface area contributed by atoms with Crippen molar-refractivity contribution in [1.82, 2.24) is 5.32 Å². The molecule has 96 valence electrons. The predicted molar refractivity (Wildman–Crippen MR) is 60.6 cm³/mol. The van der Waals surface area contributed by atoms with E-state index in [4.69, 9.17) is 9.42 Å². The number of carbonyl (C=O) groups is 1. The highest BCUT2D eigenvalue weighted by Crippen LogP contribution is 2.35. The minimum absolute atomic E-state index is 0.0291. The van der Waals surface area contributed by atoms with Gasteiger partial charge in [-0.2, -0.15) is 0 Å². The summed E-state index contributed by atoms with van der Waals surface area (Å²) in [6, 6.07) is 0. The molecule has 0 fully saturated rings. The molecule has 0 aliphatic rings. The maximum absolute atomic E-state index is 11.4. The lowest BCUT2D eigenvalue weighted by molar-refractivity contribution is -0.136. The van der Waals surface area contributed by atoms with E-state index in [0.717, 1.165) is 0 Å². The second-order valence-corrected chi connectivity index (χ2v) is 5.08. The molecule has 0 saturated carbocycles. The highest BCUT2D eigenvalue weighted by Gasteiger charge is 2.34. The van der Waals surface area contributed by atoms with Crippen molar-refractivity contribution in [1.29, 1.82) is 0 Å². The Bertz CT molecular complexity index is 224. The molecule has 1 amide bonds. The van der Waals surface area contributed by atoms with Gasteiger partial charge >= 0.3 is 8.60 Å². The molecule has 0 heterocycles. The lowest BCUT2D eigenvalue weighted by atomic mass is 9.87. The van der Waals surface area contributed by atoms with Crippen LogP contribution in [0.2, 0.25) is 0 Å². The van der Waals surface area contributed by atoms with Crippen molar-refractivity contribution in [2.24, 2.45) is 5.41 Å². The van der Waals surface area contributed by atoms with Crippen molar-refractivity contribution in [3.05, 3.63) is 0 Å². The second kappa shape index (κ2) is 7.14. The van der Waals surface area contributed by atoms with E-state index in [0.29, 0.717) is 6.54 Å². The molecule has 0 aliphatic heterocycles. The Balaban J connectivity index is 4.24. The van der Waals surface area contributed by atoms with E-state index in [1.165, 1.54) is 7.11 Å². The zero-order valence-corrected chi connectivity index (χ0v) is 11.0. The van der Waals surface area contributed by atoms with Crippen molar-refractivity contribution in [2.45, 2.75) is 26.9 Å². The second-order valence-electron chi connectivity index (χ2n) is 3.98. The molecule has 0 radical (unpaired) electrons. The maximum Gasteiger partial charge on any atom is 0.329 e. The first kappa shape index (κ1) is 15.7. The summed E-state index contributed by atoms with van der Waals surface area (Å²) >= 11 is 0. The standard InChI is InChI=1S/C9H20NO5P/c1-5-10-8(12)7(11)9(2,3)6-15-16(13)14-4/h7,11,13H,5-6H2,1-4H3,(H,10,12). The number of aliphatic hydroxyl groups is 1. The molecule has 6 nitrogen and oxygen atoms in total. The summed E-state index contributed by atoms with van der Waals surface area (Å²) in [7, 11) is -0.619. The summed E-state index contributed by atoms with van der Waals surface area (Å²) < 4.78 is 9.51. The van der Waals surface area contributed by atoms with E-state index < -0.39 is 26.0 Å². The van der Waals surface area contributed by atoms with Crippen LogP contribution in [-0.2, 0) is 13.8 Å². The van der Waals surface area contributed by atoms with Gasteiger partial charge < -0.3 is 24.4 Å².